The van der Waals surface area contributed by atoms with Crippen molar-refractivity contribution in [3.8, 4) is 0 Å². The van der Waals surface area contributed by atoms with Gasteiger partial charge in [0.15, 0.2) is 9.84 Å². The van der Waals surface area contributed by atoms with Crippen LogP contribution in [-0.2, 0) is 21.6 Å². The molecule has 2 aromatic rings. The van der Waals surface area contributed by atoms with E-state index in [0.29, 0.717) is 18.7 Å². The minimum absolute atomic E-state index is 0.00596. The van der Waals surface area contributed by atoms with Crippen LogP contribution in [0.2, 0.25) is 0 Å². The zero-order valence-electron chi connectivity index (χ0n) is 11.5. The molecular weight excluding hydrogens is 278 g/mol. The number of para-hydroxylation sites is 1. The van der Waals surface area contributed by atoms with Gasteiger partial charge in [-0.15, -0.1) is 0 Å². The van der Waals surface area contributed by atoms with E-state index in [1.54, 1.807) is 12.1 Å². The van der Waals surface area contributed by atoms with Gasteiger partial charge < -0.3 is 14.6 Å². The summed E-state index contributed by atoms with van der Waals surface area (Å²) in [4.78, 5) is 4.82. The van der Waals surface area contributed by atoms with Crippen LogP contribution in [-0.4, -0.2) is 44.0 Å². The van der Waals surface area contributed by atoms with Crippen LogP contribution in [0.3, 0.4) is 0 Å². The molecule has 1 aromatic carbocycles. The molecule has 0 aliphatic carbocycles. The fraction of sp³-hybridized carbons (Fsp3) is 0.462. The Bertz CT molecular complexity index is 746. The molecule has 1 aliphatic heterocycles. The molecule has 0 saturated carbocycles. The van der Waals surface area contributed by atoms with Crippen LogP contribution in [0.1, 0.15) is 11.9 Å². The molecule has 1 saturated heterocycles. The number of sulfone groups is 1. The highest BCUT2D eigenvalue weighted by molar-refractivity contribution is 7.91. The van der Waals surface area contributed by atoms with E-state index in [1.165, 1.54) is 6.26 Å². The van der Waals surface area contributed by atoms with Gasteiger partial charge in [0.25, 0.3) is 0 Å². The smallest absolute Gasteiger partial charge is 0.177 e. The summed E-state index contributed by atoms with van der Waals surface area (Å²) in [5.74, 6) is 0.802. The Balaban J connectivity index is 2.19. The first kappa shape index (κ1) is 13.5. The minimum atomic E-state index is -3.29. The average Bonchev–Trinajstić information content (AvgIpc) is 2.76. The van der Waals surface area contributed by atoms with Crippen molar-refractivity contribution in [1.82, 2.24) is 14.9 Å². The summed E-state index contributed by atoms with van der Waals surface area (Å²) in [5.41, 5.74) is 1.34. The van der Waals surface area contributed by atoms with Crippen molar-refractivity contribution in [1.29, 1.82) is 0 Å². The Kier molecular flexibility index (Phi) is 3.27. The second-order valence-corrected chi connectivity index (χ2v) is 6.99. The molecule has 3 rings (SSSR count). The van der Waals surface area contributed by atoms with Crippen molar-refractivity contribution in [2.75, 3.05) is 26.0 Å². The fourth-order valence-corrected chi connectivity index (χ4v) is 3.38. The second-order valence-electron chi connectivity index (χ2n) is 5.01. The number of nitrogens with zero attached hydrogens (tertiary/aromatic N) is 2. The van der Waals surface area contributed by atoms with Gasteiger partial charge in [0.1, 0.15) is 11.3 Å². The molecule has 0 amide bonds. The van der Waals surface area contributed by atoms with Crippen LogP contribution in [0.4, 0.5) is 0 Å². The Labute approximate surface area is 117 Å². The van der Waals surface area contributed by atoms with Crippen molar-refractivity contribution >= 4 is 20.9 Å². The number of hydrogen-bond donors (Lipinski definition) is 1. The van der Waals surface area contributed by atoms with Crippen LogP contribution in [0, 0.1) is 0 Å². The molecule has 7 heteroatoms. The minimum Gasteiger partial charge on any atom is -0.378 e. The number of hydrogen-bond acceptors (Lipinski definition) is 5. The van der Waals surface area contributed by atoms with Crippen LogP contribution >= 0.6 is 0 Å². The zero-order valence-corrected chi connectivity index (χ0v) is 12.3. The topological polar surface area (TPSA) is 73.2 Å². The van der Waals surface area contributed by atoms with Gasteiger partial charge >= 0.3 is 0 Å². The number of aromatic nitrogens is 2. The largest absolute Gasteiger partial charge is 0.378 e. The van der Waals surface area contributed by atoms with E-state index >= 15 is 0 Å². The Morgan fingerprint density at radius 3 is 2.90 bits per heavy atom. The van der Waals surface area contributed by atoms with Crippen molar-refractivity contribution in [3.05, 3.63) is 24.0 Å². The highest BCUT2D eigenvalue weighted by Crippen LogP contribution is 2.26. The first-order chi connectivity index (χ1) is 9.48. The first-order valence-electron chi connectivity index (χ1n) is 6.45. The molecule has 2 heterocycles. The van der Waals surface area contributed by atoms with Crippen LogP contribution < -0.4 is 5.32 Å². The average molecular weight is 295 g/mol. The quantitative estimate of drug-likeness (QED) is 0.880. The van der Waals surface area contributed by atoms with E-state index < -0.39 is 9.84 Å². The third-order valence-electron chi connectivity index (χ3n) is 3.54. The summed E-state index contributed by atoms with van der Waals surface area (Å²) in [6.45, 7) is 2.01. The standard InChI is InChI=1S/C13H17N3O3S/c1-16-10-4-3-5-11(20(2,17)18)12(10)15-13(16)9-8-19-7-6-14-9/h3-5,9,14H,6-8H2,1-2H3. The summed E-state index contributed by atoms with van der Waals surface area (Å²) >= 11 is 0. The van der Waals surface area contributed by atoms with Gasteiger partial charge in [-0.3, -0.25) is 0 Å². The third kappa shape index (κ3) is 2.21. The van der Waals surface area contributed by atoms with Crippen molar-refractivity contribution in [2.24, 2.45) is 7.05 Å². The van der Waals surface area contributed by atoms with Crippen LogP contribution in [0.5, 0.6) is 0 Å². The lowest BCUT2D eigenvalue weighted by Crippen LogP contribution is -2.36. The predicted octanol–water partition coefficient (Wildman–Crippen LogP) is 0.638. The second kappa shape index (κ2) is 4.83. The predicted molar refractivity (Wildman–Crippen MR) is 75.4 cm³/mol. The number of imidazole rings is 1. The van der Waals surface area contributed by atoms with E-state index in [9.17, 15) is 8.42 Å². The molecule has 1 N–H and O–H groups in total. The lowest BCUT2D eigenvalue weighted by Gasteiger charge is -2.23. The Morgan fingerprint density at radius 2 is 2.25 bits per heavy atom. The molecule has 1 unspecified atom stereocenters. The van der Waals surface area contributed by atoms with Crippen molar-refractivity contribution in [3.63, 3.8) is 0 Å². The van der Waals surface area contributed by atoms with E-state index in [-0.39, 0.29) is 10.9 Å². The maximum absolute atomic E-state index is 11.9. The zero-order chi connectivity index (χ0) is 14.3. The van der Waals surface area contributed by atoms with E-state index in [0.717, 1.165) is 17.9 Å². The maximum Gasteiger partial charge on any atom is 0.177 e. The molecule has 0 spiro atoms. The Morgan fingerprint density at radius 1 is 1.45 bits per heavy atom. The normalized spacial score (nSPS) is 20.4. The molecule has 6 nitrogen and oxygen atoms in total. The molecular formula is C13H17N3O3S. The molecule has 0 radical (unpaired) electrons. The maximum atomic E-state index is 11.9. The van der Waals surface area contributed by atoms with Crippen molar-refractivity contribution in [2.45, 2.75) is 10.9 Å². The number of morpholine rings is 1. The summed E-state index contributed by atoms with van der Waals surface area (Å²) < 4.78 is 31.1. The van der Waals surface area contributed by atoms with Crippen LogP contribution in [0.25, 0.3) is 11.0 Å². The Hall–Kier alpha value is -1.44. The van der Waals surface area contributed by atoms with Gasteiger partial charge in [-0.25, -0.2) is 13.4 Å². The number of aryl methyl sites for hydroxylation is 1. The molecule has 1 atom stereocenters. The summed E-state index contributed by atoms with van der Waals surface area (Å²) in [6.07, 6.45) is 1.21. The lowest BCUT2D eigenvalue weighted by molar-refractivity contribution is 0.0735. The fourth-order valence-electron chi connectivity index (χ4n) is 2.55. The summed E-state index contributed by atoms with van der Waals surface area (Å²) in [7, 11) is -1.40. The summed E-state index contributed by atoms with van der Waals surface area (Å²) in [5, 5.41) is 3.34. The summed E-state index contributed by atoms with van der Waals surface area (Å²) in [6, 6.07) is 5.21. The van der Waals surface area contributed by atoms with Gasteiger partial charge in [0.2, 0.25) is 0 Å². The number of nitrogens with one attached hydrogen (secondary N) is 1. The molecule has 1 aromatic heterocycles. The van der Waals surface area contributed by atoms with Gasteiger partial charge in [-0.2, -0.15) is 0 Å². The van der Waals surface area contributed by atoms with Gasteiger partial charge in [0.05, 0.1) is 29.7 Å². The molecule has 20 heavy (non-hydrogen) atoms. The van der Waals surface area contributed by atoms with E-state index in [1.807, 2.05) is 17.7 Å². The molecule has 1 fully saturated rings. The third-order valence-corrected chi connectivity index (χ3v) is 4.67. The molecule has 108 valence electrons. The first-order valence-corrected chi connectivity index (χ1v) is 8.34. The number of rotatable bonds is 2. The lowest BCUT2D eigenvalue weighted by atomic mass is 10.2. The van der Waals surface area contributed by atoms with Gasteiger partial charge in [-0.05, 0) is 12.1 Å². The number of ether oxygens (including phenoxy) is 1. The van der Waals surface area contributed by atoms with E-state index in [4.69, 9.17) is 4.74 Å². The van der Waals surface area contributed by atoms with E-state index in [2.05, 4.69) is 10.3 Å². The molecule has 0 bridgehead atoms. The highest BCUT2D eigenvalue weighted by Gasteiger charge is 2.23. The number of fused-ring (bicyclic) bond motifs is 1. The highest BCUT2D eigenvalue weighted by atomic mass is 32.2. The monoisotopic (exact) mass is 295 g/mol. The molecule has 1 aliphatic rings. The van der Waals surface area contributed by atoms with Gasteiger partial charge in [0, 0.05) is 19.8 Å². The number of benzene rings is 1. The van der Waals surface area contributed by atoms with Crippen LogP contribution in [0.15, 0.2) is 23.1 Å². The van der Waals surface area contributed by atoms with Crippen molar-refractivity contribution < 1.29 is 13.2 Å². The SMILES string of the molecule is Cn1c(C2COCCN2)nc2c(S(C)(=O)=O)cccc21. The van der Waals surface area contributed by atoms with Gasteiger partial charge in [-0.1, -0.05) is 6.07 Å².